The lowest BCUT2D eigenvalue weighted by Crippen LogP contribution is -2.22. The normalized spacial score (nSPS) is 19.8. The van der Waals surface area contributed by atoms with Gasteiger partial charge in [0.2, 0.25) is 0 Å². The van der Waals surface area contributed by atoms with Crippen LogP contribution in [0.4, 0.5) is 5.82 Å². The zero-order valence-corrected chi connectivity index (χ0v) is 11.6. The van der Waals surface area contributed by atoms with Gasteiger partial charge in [-0.15, -0.1) is 0 Å². The molecule has 0 saturated carbocycles. The van der Waals surface area contributed by atoms with Crippen LogP contribution >= 0.6 is 0 Å². The molecule has 1 unspecified atom stereocenters. The standard InChI is InChI=1S/C15H21N3O/c1-11(2)12-6-8-17(9-12)15-13(10-19)18-7-4-3-5-14(18)16-15/h3-5,7,11-12,19H,6,8-10H2,1-2H3. The molecule has 19 heavy (non-hydrogen) atoms. The lowest BCUT2D eigenvalue weighted by atomic mass is 9.95. The van der Waals surface area contributed by atoms with E-state index in [-0.39, 0.29) is 6.61 Å². The average Bonchev–Trinajstić information content (AvgIpc) is 3.02. The van der Waals surface area contributed by atoms with E-state index in [1.165, 1.54) is 6.42 Å². The molecular weight excluding hydrogens is 238 g/mol. The van der Waals surface area contributed by atoms with Crippen molar-refractivity contribution in [1.29, 1.82) is 0 Å². The summed E-state index contributed by atoms with van der Waals surface area (Å²) in [5.41, 5.74) is 1.81. The monoisotopic (exact) mass is 259 g/mol. The first-order valence-corrected chi connectivity index (χ1v) is 7.02. The highest BCUT2D eigenvalue weighted by Gasteiger charge is 2.28. The van der Waals surface area contributed by atoms with Gasteiger partial charge in [0.15, 0.2) is 5.82 Å². The number of fused-ring (bicyclic) bond motifs is 1. The molecule has 1 aliphatic heterocycles. The van der Waals surface area contributed by atoms with E-state index >= 15 is 0 Å². The van der Waals surface area contributed by atoms with Gasteiger partial charge in [-0.25, -0.2) is 4.98 Å². The van der Waals surface area contributed by atoms with E-state index in [1.807, 2.05) is 28.8 Å². The van der Waals surface area contributed by atoms with E-state index in [0.717, 1.165) is 36.2 Å². The minimum atomic E-state index is 0.0311. The molecule has 0 bridgehead atoms. The summed E-state index contributed by atoms with van der Waals surface area (Å²) in [7, 11) is 0. The van der Waals surface area contributed by atoms with Crippen molar-refractivity contribution in [3.05, 3.63) is 30.1 Å². The molecule has 0 aromatic carbocycles. The Morgan fingerprint density at radius 1 is 1.42 bits per heavy atom. The quantitative estimate of drug-likeness (QED) is 0.919. The molecule has 4 nitrogen and oxygen atoms in total. The summed E-state index contributed by atoms with van der Waals surface area (Å²) in [5.74, 6) is 2.40. The number of aliphatic hydroxyl groups excluding tert-OH is 1. The Morgan fingerprint density at radius 2 is 2.26 bits per heavy atom. The fraction of sp³-hybridized carbons (Fsp3) is 0.533. The van der Waals surface area contributed by atoms with Gasteiger partial charge in [0.05, 0.1) is 12.3 Å². The molecule has 0 aliphatic carbocycles. The molecule has 102 valence electrons. The number of hydrogen-bond acceptors (Lipinski definition) is 3. The first-order valence-electron chi connectivity index (χ1n) is 7.02. The largest absolute Gasteiger partial charge is 0.390 e. The van der Waals surface area contributed by atoms with Gasteiger partial charge in [-0.2, -0.15) is 0 Å². The maximum atomic E-state index is 9.65. The third kappa shape index (κ3) is 2.10. The molecule has 0 spiro atoms. The molecule has 2 aromatic heterocycles. The number of aromatic nitrogens is 2. The number of aliphatic hydroxyl groups is 1. The second kappa shape index (κ2) is 4.85. The molecule has 1 saturated heterocycles. The third-order valence-electron chi connectivity index (χ3n) is 4.22. The van der Waals surface area contributed by atoms with E-state index in [2.05, 4.69) is 23.7 Å². The van der Waals surface area contributed by atoms with Crippen molar-refractivity contribution in [2.75, 3.05) is 18.0 Å². The van der Waals surface area contributed by atoms with E-state index in [1.54, 1.807) is 0 Å². The molecule has 3 heterocycles. The average molecular weight is 259 g/mol. The van der Waals surface area contributed by atoms with Gasteiger partial charge in [0.25, 0.3) is 0 Å². The summed E-state index contributed by atoms with van der Waals surface area (Å²) < 4.78 is 1.98. The summed E-state index contributed by atoms with van der Waals surface area (Å²) in [6.45, 7) is 6.69. The fourth-order valence-corrected chi connectivity index (χ4v) is 2.96. The number of imidazole rings is 1. The smallest absolute Gasteiger partial charge is 0.153 e. The summed E-state index contributed by atoms with van der Waals surface area (Å²) in [6, 6.07) is 5.94. The highest BCUT2D eigenvalue weighted by Crippen LogP contribution is 2.30. The van der Waals surface area contributed by atoms with E-state index < -0.39 is 0 Å². The van der Waals surface area contributed by atoms with Crippen LogP contribution < -0.4 is 4.90 Å². The zero-order chi connectivity index (χ0) is 13.4. The molecule has 0 radical (unpaired) electrons. The number of nitrogens with zero attached hydrogens (tertiary/aromatic N) is 3. The van der Waals surface area contributed by atoms with Gasteiger partial charge in [-0.1, -0.05) is 19.9 Å². The van der Waals surface area contributed by atoms with Crippen LogP contribution in [0.5, 0.6) is 0 Å². The van der Waals surface area contributed by atoms with Crippen LogP contribution in [0.2, 0.25) is 0 Å². The predicted octanol–water partition coefficient (Wildman–Crippen LogP) is 2.31. The number of anilines is 1. The Bertz CT molecular complexity index is 576. The van der Waals surface area contributed by atoms with Crippen molar-refractivity contribution in [3.63, 3.8) is 0 Å². The van der Waals surface area contributed by atoms with Gasteiger partial charge < -0.3 is 10.0 Å². The highest BCUT2D eigenvalue weighted by molar-refractivity contribution is 5.56. The molecule has 2 aromatic rings. The maximum Gasteiger partial charge on any atom is 0.153 e. The summed E-state index contributed by atoms with van der Waals surface area (Å²) in [5, 5.41) is 9.65. The SMILES string of the molecule is CC(C)C1CCN(c2nc3ccccn3c2CO)C1. The van der Waals surface area contributed by atoms with Crippen LogP contribution in [0.15, 0.2) is 24.4 Å². The molecule has 0 amide bonds. The Labute approximate surface area is 113 Å². The van der Waals surface area contributed by atoms with E-state index in [9.17, 15) is 5.11 Å². The lowest BCUT2D eigenvalue weighted by molar-refractivity contribution is 0.276. The van der Waals surface area contributed by atoms with E-state index in [4.69, 9.17) is 0 Å². The van der Waals surface area contributed by atoms with Crippen LogP contribution in [0, 0.1) is 11.8 Å². The van der Waals surface area contributed by atoms with Crippen molar-refractivity contribution in [3.8, 4) is 0 Å². The van der Waals surface area contributed by atoms with Crippen molar-refractivity contribution in [1.82, 2.24) is 9.38 Å². The molecule has 1 fully saturated rings. The topological polar surface area (TPSA) is 40.8 Å². The van der Waals surface area contributed by atoms with Crippen LogP contribution in [-0.2, 0) is 6.61 Å². The molecule has 1 N–H and O–H groups in total. The Balaban J connectivity index is 1.97. The van der Waals surface area contributed by atoms with Crippen molar-refractivity contribution >= 4 is 11.5 Å². The molecule has 1 atom stereocenters. The van der Waals surface area contributed by atoms with Gasteiger partial charge in [0.1, 0.15) is 5.65 Å². The minimum absolute atomic E-state index is 0.0311. The van der Waals surface area contributed by atoms with Crippen LogP contribution in [0.1, 0.15) is 26.0 Å². The summed E-state index contributed by atoms with van der Waals surface area (Å²) in [6.07, 6.45) is 3.18. The van der Waals surface area contributed by atoms with Gasteiger partial charge in [-0.05, 0) is 30.4 Å². The second-order valence-electron chi connectivity index (χ2n) is 5.71. The van der Waals surface area contributed by atoms with Crippen molar-refractivity contribution in [2.45, 2.75) is 26.9 Å². The van der Waals surface area contributed by atoms with Gasteiger partial charge >= 0.3 is 0 Å². The van der Waals surface area contributed by atoms with Crippen LogP contribution in [-0.4, -0.2) is 27.6 Å². The Kier molecular flexibility index (Phi) is 3.19. The zero-order valence-electron chi connectivity index (χ0n) is 11.6. The number of rotatable bonds is 3. The predicted molar refractivity (Wildman–Crippen MR) is 76.3 cm³/mol. The Morgan fingerprint density at radius 3 is 2.95 bits per heavy atom. The lowest BCUT2D eigenvalue weighted by Gasteiger charge is -2.18. The first-order chi connectivity index (χ1) is 9.20. The first kappa shape index (κ1) is 12.5. The van der Waals surface area contributed by atoms with E-state index in [0.29, 0.717) is 5.92 Å². The van der Waals surface area contributed by atoms with Crippen LogP contribution in [0.3, 0.4) is 0 Å². The third-order valence-corrected chi connectivity index (χ3v) is 4.22. The van der Waals surface area contributed by atoms with Crippen molar-refractivity contribution in [2.24, 2.45) is 11.8 Å². The molecule has 1 aliphatic rings. The second-order valence-corrected chi connectivity index (χ2v) is 5.71. The molecule has 3 rings (SSSR count). The molecular formula is C15H21N3O. The van der Waals surface area contributed by atoms with Crippen LogP contribution in [0.25, 0.3) is 5.65 Å². The minimum Gasteiger partial charge on any atom is -0.390 e. The maximum absolute atomic E-state index is 9.65. The summed E-state index contributed by atoms with van der Waals surface area (Å²) >= 11 is 0. The Hall–Kier alpha value is -1.55. The van der Waals surface area contributed by atoms with Gasteiger partial charge in [-0.3, -0.25) is 4.40 Å². The van der Waals surface area contributed by atoms with Crippen molar-refractivity contribution < 1.29 is 5.11 Å². The number of hydrogen-bond donors (Lipinski definition) is 1. The highest BCUT2D eigenvalue weighted by atomic mass is 16.3. The van der Waals surface area contributed by atoms with Gasteiger partial charge in [0, 0.05) is 19.3 Å². The number of pyridine rings is 1. The summed E-state index contributed by atoms with van der Waals surface area (Å²) in [4.78, 5) is 7.01. The molecule has 4 heteroatoms. The fourth-order valence-electron chi connectivity index (χ4n) is 2.96.